The number of primary amides is 1. The monoisotopic (exact) mass is 267 g/mol. The van der Waals surface area contributed by atoms with E-state index >= 15 is 0 Å². The molecule has 1 saturated carbocycles. The van der Waals surface area contributed by atoms with Gasteiger partial charge in [0.1, 0.15) is 0 Å². The maximum Gasteiger partial charge on any atom is 0.231 e. The molecule has 1 aliphatic carbocycles. The number of nitrogens with two attached hydrogens (primary N) is 1. The second kappa shape index (κ2) is 6.71. The molecule has 0 bridgehead atoms. The number of nitrogens with one attached hydrogen (secondary N) is 1. The summed E-state index contributed by atoms with van der Waals surface area (Å²) in [4.78, 5) is 13.1. The van der Waals surface area contributed by atoms with Gasteiger partial charge in [0.05, 0.1) is 6.54 Å². The summed E-state index contributed by atoms with van der Waals surface area (Å²) in [6.45, 7) is 7.17. The molecule has 1 amide bonds. The molecule has 1 aliphatic heterocycles. The first-order valence-corrected chi connectivity index (χ1v) is 7.81. The minimum atomic E-state index is -0.207. The number of carbonyl (C=O) groups excluding carboxylic acids is 1. The second-order valence-corrected chi connectivity index (χ2v) is 6.69. The molecule has 0 aromatic carbocycles. The third kappa shape index (κ3) is 4.46. The lowest BCUT2D eigenvalue weighted by atomic mass is 9.79. The molecule has 3 unspecified atom stereocenters. The standard InChI is InChI=1S/C15H29N3O/c1-11-3-4-12(2)14(9-11)17-13-5-7-18(8-6-13)10-15(16)19/h11-14,17H,3-10H2,1-2H3,(H2,16,19). The van der Waals surface area contributed by atoms with Crippen molar-refractivity contribution >= 4 is 5.91 Å². The number of hydrogen-bond acceptors (Lipinski definition) is 3. The number of likely N-dealkylation sites (tertiary alicyclic amines) is 1. The molecule has 0 spiro atoms. The first-order chi connectivity index (χ1) is 9.04. The number of amides is 1. The maximum absolute atomic E-state index is 10.9. The molecule has 2 rings (SSSR count). The topological polar surface area (TPSA) is 58.4 Å². The van der Waals surface area contributed by atoms with Gasteiger partial charge >= 0.3 is 0 Å². The molecule has 3 N–H and O–H groups in total. The SMILES string of the molecule is CC1CCC(C)C(NC2CCN(CC(N)=O)CC2)C1. The molecule has 2 fully saturated rings. The van der Waals surface area contributed by atoms with Gasteiger partial charge in [0.25, 0.3) is 0 Å². The van der Waals surface area contributed by atoms with Crippen LogP contribution in [0.25, 0.3) is 0 Å². The van der Waals surface area contributed by atoms with Crippen LogP contribution in [0.3, 0.4) is 0 Å². The molecule has 0 radical (unpaired) electrons. The average Bonchev–Trinajstić information content (AvgIpc) is 2.35. The summed E-state index contributed by atoms with van der Waals surface area (Å²) in [5.74, 6) is 1.46. The third-order valence-electron chi connectivity index (χ3n) is 4.87. The highest BCUT2D eigenvalue weighted by Crippen LogP contribution is 2.29. The van der Waals surface area contributed by atoms with E-state index in [1.807, 2.05) is 0 Å². The number of rotatable bonds is 4. The summed E-state index contributed by atoms with van der Waals surface area (Å²) in [6, 6.07) is 1.32. The van der Waals surface area contributed by atoms with Crippen molar-refractivity contribution < 1.29 is 4.79 Å². The van der Waals surface area contributed by atoms with E-state index in [2.05, 4.69) is 24.1 Å². The number of carbonyl (C=O) groups is 1. The summed E-state index contributed by atoms with van der Waals surface area (Å²) in [7, 11) is 0. The Morgan fingerprint density at radius 2 is 1.89 bits per heavy atom. The highest BCUT2D eigenvalue weighted by atomic mass is 16.1. The van der Waals surface area contributed by atoms with E-state index in [0.717, 1.165) is 37.8 Å². The van der Waals surface area contributed by atoms with Gasteiger partial charge in [-0.15, -0.1) is 0 Å². The van der Waals surface area contributed by atoms with Crippen molar-refractivity contribution in [3.8, 4) is 0 Å². The van der Waals surface area contributed by atoms with Gasteiger partial charge in [-0.3, -0.25) is 9.69 Å². The molecule has 4 nitrogen and oxygen atoms in total. The lowest BCUT2D eigenvalue weighted by Crippen LogP contribution is -2.50. The number of nitrogens with zero attached hydrogens (tertiary/aromatic N) is 1. The first kappa shape index (κ1) is 14.8. The molecule has 4 heteroatoms. The molecular formula is C15H29N3O. The summed E-state index contributed by atoms with van der Waals surface area (Å²) < 4.78 is 0. The molecule has 3 atom stereocenters. The van der Waals surface area contributed by atoms with Crippen molar-refractivity contribution in [1.82, 2.24) is 10.2 Å². The van der Waals surface area contributed by atoms with Crippen molar-refractivity contribution in [1.29, 1.82) is 0 Å². The van der Waals surface area contributed by atoms with Crippen molar-refractivity contribution in [3.63, 3.8) is 0 Å². The Morgan fingerprint density at radius 3 is 2.53 bits per heavy atom. The molecular weight excluding hydrogens is 238 g/mol. The van der Waals surface area contributed by atoms with E-state index in [1.54, 1.807) is 0 Å². The summed E-state index contributed by atoms with van der Waals surface area (Å²) in [5, 5.41) is 3.87. The van der Waals surface area contributed by atoms with E-state index in [0.29, 0.717) is 18.6 Å². The second-order valence-electron chi connectivity index (χ2n) is 6.69. The lowest BCUT2D eigenvalue weighted by Gasteiger charge is -2.39. The minimum absolute atomic E-state index is 0.207. The van der Waals surface area contributed by atoms with E-state index < -0.39 is 0 Å². The fraction of sp³-hybridized carbons (Fsp3) is 0.933. The van der Waals surface area contributed by atoms with Crippen LogP contribution in [0.4, 0.5) is 0 Å². The first-order valence-electron chi connectivity index (χ1n) is 7.81. The predicted molar refractivity (Wildman–Crippen MR) is 77.8 cm³/mol. The Balaban J connectivity index is 1.74. The van der Waals surface area contributed by atoms with Gasteiger partial charge in [-0.05, 0) is 37.5 Å². The van der Waals surface area contributed by atoms with Crippen molar-refractivity contribution in [3.05, 3.63) is 0 Å². The average molecular weight is 267 g/mol. The number of hydrogen-bond donors (Lipinski definition) is 2. The van der Waals surface area contributed by atoms with Gasteiger partial charge in [-0.25, -0.2) is 0 Å². The van der Waals surface area contributed by atoms with Gasteiger partial charge in [0, 0.05) is 25.2 Å². The zero-order valence-corrected chi connectivity index (χ0v) is 12.4. The van der Waals surface area contributed by atoms with Crippen LogP contribution in [0.5, 0.6) is 0 Å². The van der Waals surface area contributed by atoms with Crippen LogP contribution in [-0.4, -0.2) is 42.5 Å². The predicted octanol–water partition coefficient (Wildman–Crippen LogP) is 1.35. The largest absolute Gasteiger partial charge is 0.369 e. The maximum atomic E-state index is 10.9. The van der Waals surface area contributed by atoms with Crippen molar-refractivity contribution in [2.24, 2.45) is 17.6 Å². The van der Waals surface area contributed by atoms with Crippen LogP contribution < -0.4 is 11.1 Å². The quantitative estimate of drug-likeness (QED) is 0.808. The zero-order chi connectivity index (χ0) is 13.8. The molecule has 1 saturated heterocycles. The highest BCUT2D eigenvalue weighted by Gasteiger charge is 2.28. The Morgan fingerprint density at radius 1 is 1.21 bits per heavy atom. The van der Waals surface area contributed by atoms with Crippen LogP contribution >= 0.6 is 0 Å². The van der Waals surface area contributed by atoms with Gasteiger partial charge in [-0.2, -0.15) is 0 Å². The lowest BCUT2D eigenvalue weighted by molar-refractivity contribution is -0.119. The van der Waals surface area contributed by atoms with E-state index in [9.17, 15) is 4.79 Å². The normalized spacial score (nSPS) is 34.3. The Hall–Kier alpha value is -0.610. The summed E-state index contributed by atoms with van der Waals surface area (Å²) in [5.41, 5.74) is 5.24. The van der Waals surface area contributed by atoms with Gasteiger partial charge < -0.3 is 11.1 Å². The fourth-order valence-electron chi connectivity index (χ4n) is 3.55. The fourth-order valence-corrected chi connectivity index (χ4v) is 3.55. The van der Waals surface area contributed by atoms with E-state index in [4.69, 9.17) is 5.73 Å². The van der Waals surface area contributed by atoms with E-state index in [-0.39, 0.29) is 5.91 Å². The smallest absolute Gasteiger partial charge is 0.231 e. The zero-order valence-electron chi connectivity index (χ0n) is 12.4. The van der Waals surface area contributed by atoms with Crippen LogP contribution in [0.1, 0.15) is 46.0 Å². The minimum Gasteiger partial charge on any atom is -0.369 e. The molecule has 1 heterocycles. The molecule has 110 valence electrons. The van der Waals surface area contributed by atoms with Gasteiger partial charge in [-0.1, -0.05) is 20.3 Å². The van der Waals surface area contributed by atoms with E-state index in [1.165, 1.54) is 19.3 Å². The summed E-state index contributed by atoms with van der Waals surface area (Å²) in [6.07, 6.45) is 6.36. The van der Waals surface area contributed by atoms with Gasteiger partial charge in [0.2, 0.25) is 5.91 Å². The Kier molecular flexibility index (Phi) is 5.22. The van der Waals surface area contributed by atoms with Crippen LogP contribution in [0.2, 0.25) is 0 Å². The van der Waals surface area contributed by atoms with Crippen LogP contribution in [0.15, 0.2) is 0 Å². The highest BCUT2D eigenvalue weighted by molar-refractivity contribution is 5.75. The molecule has 19 heavy (non-hydrogen) atoms. The van der Waals surface area contributed by atoms with Crippen LogP contribution in [-0.2, 0) is 4.79 Å². The van der Waals surface area contributed by atoms with Crippen LogP contribution in [0, 0.1) is 11.8 Å². The van der Waals surface area contributed by atoms with Crippen molar-refractivity contribution in [2.75, 3.05) is 19.6 Å². The molecule has 2 aliphatic rings. The van der Waals surface area contributed by atoms with Crippen molar-refractivity contribution in [2.45, 2.75) is 58.0 Å². The Labute approximate surface area is 117 Å². The number of piperidine rings is 1. The summed E-state index contributed by atoms with van der Waals surface area (Å²) >= 11 is 0. The third-order valence-corrected chi connectivity index (χ3v) is 4.87. The Bertz CT molecular complexity index is 300. The molecule has 0 aromatic heterocycles. The molecule has 0 aromatic rings. The van der Waals surface area contributed by atoms with Gasteiger partial charge in [0.15, 0.2) is 0 Å².